The highest BCUT2D eigenvalue weighted by Gasteiger charge is 2.44. The van der Waals surface area contributed by atoms with E-state index in [9.17, 15) is 9.18 Å². The first-order valence-corrected chi connectivity index (χ1v) is 5.07. The van der Waals surface area contributed by atoms with Crippen molar-refractivity contribution in [3.8, 4) is 0 Å². The van der Waals surface area contributed by atoms with Crippen molar-refractivity contribution in [1.29, 1.82) is 0 Å². The number of carboxylic acids is 1. The molecule has 80 valence electrons. The van der Waals surface area contributed by atoms with Crippen LogP contribution in [0.3, 0.4) is 0 Å². The molecule has 2 nitrogen and oxygen atoms in total. The lowest BCUT2D eigenvalue weighted by Crippen LogP contribution is -2.35. The van der Waals surface area contributed by atoms with E-state index in [1.807, 2.05) is 12.1 Å². The zero-order chi connectivity index (χ0) is 11.1. The summed E-state index contributed by atoms with van der Waals surface area (Å²) in [5, 5.41) is 8.99. The lowest BCUT2D eigenvalue weighted by atomic mass is 9.78. The summed E-state index contributed by atoms with van der Waals surface area (Å²) in [5.74, 6) is -1.36. The van der Waals surface area contributed by atoms with Crippen LogP contribution >= 0.6 is 0 Å². The van der Waals surface area contributed by atoms with Crippen molar-refractivity contribution in [1.82, 2.24) is 0 Å². The average Bonchev–Trinajstić information content (AvgIpc) is 2.17. The Hall–Kier alpha value is -1.38. The van der Waals surface area contributed by atoms with E-state index >= 15 is 0 Å². The molecule has 0 aliphatic heterocycles. The van der Waals surface area contributed by atoms with Crippen LogP contribution in [-0.2, 0) is 16.9 Å². The van der Waals surface area contributed by atoms with E-state index in [-0.39, 0.29) is 6.42 Å². The van der Waals surface area contributed by atoms with Crippen molar-refractivity contribution >= 4 is 5.97 Å². The summed E-state index contributed by atoms with van der Waals surface area (Å²) in [4.78, 5) is 11.0. The number of hydrogen-bond acceptors (Lipinski definition) is 1. The number of halogens is 1. The van der Waals surface area contributed by atoms with Crippen molar-refractivity contribution in [3.63, 3.8) is 0 Å². The second-order valence-corrected chi connectivity index (χ2v) is 4.07. The number of rotatable bonds is 1. The molecule has 1 aliphatic carbocycles. The van der Waals surface area contributed by atoms with Gasteiger partial charge in [-0.05, 0) is 37.3 Å². The van der Waals surface area contributed by atoms with Gasteiger partial charge in [0.1, 0.15) is 0 Å². The van der Waals surface area contributed by atoms with Gasteiger partial charge >= 0.3 is 5.97 Å². The van der Waals surface area contributed by atoms with E-state index in [4.69, 9.17) is 5.11 Å². The number of aliphatic carboxylic acids is 1. The minimum atomic E-state index is -2.18. The van der Waals surface area contributed by atoms with Gasteiger partial charge in [0.05, 0.1) is 0 Å². The van der Waals surface area contributed by atoms with E-state index in [1.54, 1.807) is 13.0 Å². The Balaban J connectivity index is 2.64. The van der Waals surface area contributed by atoms with Gasteiger partial charge in [0.15, 0.2) is 0 Å². The Morgan fingerprint density at radius 1 is 1.53 bits per heavy atom. The number of aryl methyl sites for hydroxylation is 2. The summed E-state index contributed by atoms with van der Waals surface area (Å²) in [7, 11) is 0. The monoisotopic (exact) mass is 208 g/mol. The molecular formula is C12H13FO2. The second kappa shape index (κ2) is 3.33. The van der Waals surface area contributed by atoms with Crippen LogP contribution in [0, 0.1) is 6.92 Å². The normalized spacial score (nSPS) is 24.7. The van der Waals surface area contributed by atoms with Crippen LogP contribution in [0.15, 0.2) is 18.2 Å². The molecule has 0 amide bonds. The molecule has 0 aromatic heterocycles. The Kier molecular flexibility index (Phi) is 2.25. The van der Waals surface area contributed by atoms with Crippen LogP contribution in [-0.4, -0.2) is 11.1 Å². The number of carbonyl (C=O) groups is 1. The molecule has 2 rings (SSSR count). The van der Waals surface area contributed by atoms with E-state index in [2.05, 4.69) is 0 Å². The number of benzene rings is 1. The van der Waals surface area contributed by atoms with E-state index in [1.165, 1.54) is 0 Å². The Morgan fingerprint density at radius 3 is 2.93 bits per heavy atom. The standard InChI is InChI=1S/C12H13FO2/c1-8-4-2-5-9-6-3-7-12(13,10(8)9)11(14)15/h2,4-5H,3,6-7H2,1H3,(H,14,15). The third-order valence-electron chi connectivity index (χ3n) is 3.06. The van der Waals surface area contributed by atoms with Gasteiger partial charge < -0.3 is 5.11 Å². The van der Waals surface area contributed by atoms with Crippen LogP contribution < -0.4 is 0 Å². The van der Waals surface area contributed by atoms with Gasteiger partial charge in [0.25, 0.3) is 0 Å². The summed E-state index contributed by atoms with van der Waals surface area (Å²) >= 11 is 0. The summed E-state index contributed by atoms with van der Waals surface area (Å²) < 4.78 is 14.3. The Morgan fingerprint density at radius 2 is 2.27 bits per heavy atom. The minimum Gasteiger partial charge on any atom is -0.479 e. The molecule has 1 atom stereocenters. The average molecular weight is 208 g/mol. The number of hydrogen-bond donors (Lipinski definition) is 1. The summed E-state index contributed by atoms with van der Waals surface area (Å²) in [6, 6.07) is 5.43. The molecule has 3 heteroatoms. The molecule has 1 unspecified atom stereocenters. The first kappa shape index (κ1) is 10.1. The van der Waals surface area contributed by atoms with E-state index < -0.39 is 11.6 Å². The molecule has 1 aromatic carbocycles. The van der Waals surface area contributed by atoms with Gasteiger partial charge in [-0.15, -0.1) is 0 Å². The van der Waals surface area contributed by atoms with Crippen molar-refractivity contribution in [2.75, 3.05) is 0 Å². The van der Waals surface area contributed by atoms with E-state index in [0.717, 1.165) is 17.5 Å². The Labute approximate surface area is 87.7 Å². The zero-order valence-corrected chi connectivity index (χ0v) is 8.59. The molecule has 0 saturated heterocycles. The maximum atomic E-state index is 14.3. The van der Waals surface area contributed by atoms with Gasteiger partial charge in [-0.3, -0.25) is 0 Å². The minimum absolute atomic E-state index is 0.0835. The third kappa shape index (κ3) is 1.42. The maximum absolute atomic E-state index is 14.3. The largest absolute Gasteiger partial charge is 0.479 e. The maximum Gasteiger partial charge on any atom is 0.346 e. The fourth-order valence-electron chi connectivity index (χ4n) is 2.37. The fraction of sp³-hybridized carbons (Fsp3) is 0.417. The molecule has 0 radical (unpaired) electrons. The lowest BCUT2D eigenvalue weighted by Gasteiger charge is -2.29. The van der Waals surface area contributed by atoms with Crippen LogP contribution in [0.25, 0.3) is 0 Å². The van der Waals surface area contributed by atoms with E-state index in [0.29, 0.717) is 12.0 Å². The summed E-state index contributed by atoms with van der Waals surface area (Å²) in [6.45, 7) is 1.77. The highest BCUT2D eigenvalue weighted by molar-refractivity contribution is 5.81. The highest BCUT2D eigenvalue weighted by atomic mass is 19.1. The molecule has 1 aromatic rings. The summed E-state index contributed by atoms with van der Waals surface area (Å²) in [6.07, 6.45) is 1.45. The number of carboxylic acid groups (broad SMARTS) is 1. The number of alkyl halides is 1. The van der Waals surface area contributed by atoms with Crippen LogP contribution in [0.2, 0.25) is 0 Å². The van der Waals surface area contributed by atoms with Gasteiger partial charge in [-0.1, -0.05) is 18.2 Å². The molecule has 1 aliphatic rings. The van der Waals surface area contributed by atoms with Crippen molar-refractivity contribution in [2.24, 2.45) is 0 Å². The van der Waals surface area contributed by atoms with Crippen molar-refractivity contribution in [3.05, 3.63) is 34.9 Å². The number of fused-ring (bicyclic) bond motifs is 1. The molecule has 1 N–H and O–H groups in total. The molecule has 0 saturated carbocycles. The predicted octanol–water partition coefficient (Wildman–Crippen LogP) is 2.58. The van der Waals surface area contributed by atoms with Gasteiger partial charge in [-0.25, -0.2) is 9.18 Å². The van der Waals surface area contributed by atoms with Crippen LogP contribution in [0.1, 0.15) is 29.5 Å². The van der Waals surface area contributed by atoms with Crippen molar-refractivity contribution in [2.45, 2.75) is 31.9 Å². The quantitative estimate of drug-likeness (QED) is 0.770. The third-order valence-corrected chi connectivity index (χ3v) is 3.06. The molecule has 0 heterocycles. The predicted molar refractivity (Wildman–Crippen MR) is 54.5 cm³/mol. The van der Waals surface area contributed by atoms with Gasteiger partial charge in [0, 0.05) is 5.56 Å². The fourth-order valence-corrected chi connectivity index (χ4v) is 2.37. The molecule has 0 spiro atoms. The van der Waals surface area contributed by atoms with Crippen LogP contribution in [0.5, 0.6) is 0 Å². The molecule has 0 fully saturated rings. The van der Waals surface area contributed by atoms with Crippen LogP contribution in [0.4, 0.5) is 4.39 Å². The second-order valence-electron chi connectivity index (χ2n) is 4.07. The molecule has 0 bridgehead atoms. The highest BCUT2D eigenvalue weighted by Crippen LogP contribution is 2.40. The first-order valence-electron chi connectivity index (χ1n) is 5.07. The Bertz CT molecular complexity index is 414. The zero-order valence-electron chi connectivity index (χ0n) is 8.59. The SMILES string of the molecule is Cc1cccc2c1C(F)(C(=O)O)CCC2. The topological polar surface area (TPSA) is 37.3 Å². The molecule has 15 heavy (non-hydrogen) atoms. The van der Waals surface area contributed by atoms with Gasteiger partial charge in [-0.2, -0.15) is 0 Å². The molecular weight excluding hydrogens is 195 g/mol. The first-order chi connectivity index (χ1) is 7.05. The van der Waals surface area contributed by atoms with Crippen molar-refractivity contribution < 1.29 is 14.3 Å². The smallest absolute Gasteiger partial charge is 0.346 e. The lowest BCUT2D eigenvalue weighted by molar-refractivity contribution is -0.152. The summed E-state index contributed by atoms with van der Waals surface area (Å²) in [5.41, 5.74) is -0.231. The van der Waals surface area contributed by atoms with Gasteiger partial charge in [0.2, 0.25) is 5.67 Å².